The number of carbonyl (C=O) groups excluding carboxylic acids is 2. The molecule has 6 heteroatoms. The molecule has 0 spiro atoms. The monoisotopic (exact) mass is 448 g/mol. The van der Waals surface area contributed by atoms with Crippen LogP contribution < -0.4 is 0 Å². The first-order valence-corrected chi connectivity index (χ1v) is 12.3. The normalized spacial score (nSPS) is 38.9. The molecule has 6 unspecified atom stereocenters. The van der Waals surface area contributed by atoms with Crippen LogP contribution in [0.25, 0.3) is 0 Å². The van der Waals surface area contributed by atoms with Crippen molar-refractivity contribution >= 4 is 11.6 Å². The summed E-state index contributed by atoms with van der Waals surface area (Å²) in [5.41, 5.74) is 0. The van der Waals surface area contributed by atoms with Gasteiger partial charge in [-0.3, -0.25) is 9.59 Å². The molecule has 0 amide bonds. The minimum absolute atomic E-state index is 0.0523. The first kappa shape index (κ1) is 25.3. The maximum absolute atomic E-state index is 12.6. The van der Waals surface area contributed by atoms with Gasteiger partial charge in [0.2, 0.25) is 0 Å². The number of hydrogen-bond acceptors (Lipinski definition) is 6. The predicted octanol–water partition coefficient (Wildman–Crippen LogP) is 3.40. The Morgan fingerprint density at radius 3 is 1.38 bits per heavy atom. The van der Waals surface area contributed by atoms with Crippen molar-refractivity contribution in [1.82, 2.24) is 0 Å². The van der Waals surface area contributed by atoms with Crippen molar-refractivity contribution in [3.63, 3.8) is 0 Å². The molecule has 3 aliphatic carbocycles. The summed E-state index contributed by atoms with van der Waals surface area (Å²) in [6.07, 6.45) is 14.2. The molecule has 0 saturated heterocycles. The summed E-state index contributed by atoms with van der Waals surface area (Å²) < 4.78 is 10.6. The second-order valence-corrected chi connectivity index (χ2v) is 9.90. The standard InChI is InChI=1S/C26H40O6/c1-31-25-15-19(9-13-23(25)29)21(27)11-7-17-3-5-18(6-4-17)8-12-22(28)20-10-14-24(30)26(16-20)32-2/h7-8,11-12,17-20,23-26,29-30H,3-6,9-10,13-16H2,1-2H3/b11-7+,12-8+. The van der Waals surface area contributed by atoms with Crippen LogP contribution >= 0.6 is 0 Å². The van der Waals surface area contributed by atoms with Crippen LogP contribution in [0.4, 0.5) is 0 Å². The van der Waals surface area contributed by atoms with E-state index >= 15 is 0 Å². The topological polar surface area (TPSA) is 93.1 Å². The van der Waals surface area contributed by atoms with Gasteiger partial charge in [-0.25, -0.2) is 0 Å². The van der Waals surface area contributed by atoms with Gasteiger partial charge in [0.25, 0.3) is 0 Å². The summed E-state index contributed by atoms with van der Waals surface area (Å²) in [6, 6.07) is 0. The molecule has 6 nitrogen and oxygen atoms in total. The molecule has 0 aromatic heterocycles. The number of aliphatic hydroxyl groups excluding tert-OH is 2. The fourth-order valence-electron chi connectivity index (χ4n) is 5.51. The zero-order chi connectivity index (χ0) is 23.1. The van der Waals surface area contributed by atoms with E-state index in [0.29, 0.717) is 37.5 Å². The van der Waals surface area contributed by atoms with E-state index in [1.54, 1.807) is 26.4 Å². The minimum atomic E-state index is -0.464. The van der Waals surface area contributed by atoms with E-state index in [2.05, 4.69) is 12.2 Å². The molecule has 6 atom stereocenters. The smallest absolute Gasteiger partial charge is 0.158 e. The molecular weight excluding hydrogens is 408 g/mol. The van der Waals surface area contributed by atoms with Gasteiger partial charge in [0, 0.05) is 26.1 Å². The third kappa shape index (κ3) is 6.83. The second-order valence-electron chi connectivity index (χ2n) is 9.90. The van der Waals surface area contributed by atoms with E-state index in [9.17, 15) is 19.8 Å². The van der Waals surface area contributed by atoms with E-state index in [4.69, 9.17) is 9.47 Å². The average molecular weight is 449 g/mol. The van der Waals surface area contributed by atoms with E-state index in [1.165, 1.54) is 0 Å². The van der Waals surface area contributed by atoms with Gasteiger partial charge in [-0.15, -0.1) is 0 Å². The Bertz CT molecular complexity index is 620. The number of carbonyl (C=O) groups is 2. The number of ether oxygens (including phenoxy) is 2. The van der Waals surface area contributed by atoms with Crippen LogP contribution in [0.15, 0.2) is 24.3 Å². The second kappa shape index (κ2) is 12.2. The first-order valence-electron chi connectivity index (χ1n) is 12.3. The van der Waals surface area contributed by atoms with Crippen molar-refractivity contribution in [3.05, 3.63) is 24.3 Å². The highest BCUT2D eigenvalue weighted by molar-refractivity contribution is 5.92. The predicted molar refractivity (Wildman–Crippen MR) is 122 cm³/mol. The Hall–Kier alpha value is -1.34. The summed E-state index contributed by atoms with van der Waals surface area (Å²) in [5.74, 6) is 1.02. The van der Waals surface area contributed by atoms with Crippen LogP contribution in [0.5, 0.6) is 0 Å². The maximum atomic E-state index is 12.6. The zero-order valence-corrected chi connectivity index (χ0v) is 19.5. The summed E-state index contributed by atoms with van der Waals surface area (Å²) in [6.45, 7) is 0. The minimum Gasteiger partial charge on any atom is -0.390 e. The highest BCUT2D eigenvalue weighted by Gasteiger charge is 2.33. The van der Waals surface area contributed by atoms with Crippen molar-refractivity contribution in [2.75, 3.05) is 14.2 Å². The number of rotatable bonds is 8. The molecule has 3 fully saturated rings. The van der Waals surface area contributed by atoms with E-state index in [1.807, 2.05) is 0 Å². The van der Waals surface area contributed by atoms with Crippen LogP contribution in [0.3, 0.4) is 0 Å². The third-order valence-electron chi connectivity index (χ3n) is 7.81. The summed E-state index contributed by atoms with van der Waals surface area (Å²) >= 11 is 0. The van der Waals surface area contributed by atoms with Gasteiger partial charge in [-0.05, 0) is 88.2 Å². The summed E-state index contributed by atoms with van der Waals surface area (Å²) in [5, 5.41) is 19.8. The molecule has 3 aliphatic rings. The molecule has 0 aromatic carbocycles. The van der Waals surface area contributed by atoms with Crippen LogP contribution in [0.1, 0.15) is 64.2 Å². The molecule has 0 aliphatic heterocycles. The van der Waals surface area contributed by atoms with Crippen LogP contribution in [-0.4, -0.2) is 60.4 Å². The molecule has 3 saturated carbocycles. The van der Waals surface area contributed by atoms with Gasteiger partial charge < -0.3 is 19.7 Å². The maximum Gasteiger partial charge on any atom is 0.158 e. The molecule has 3 rings (SSSR count). The van der Waals surface area contributed by atoms with Crippen molar-refractivity contribution < 1.29 is 29.3 Å². The van der Waals surface area contributed by atoms with Gasteiger partial charge in [-0.1, -0.05) is 12.2 Å². The van der Waals surface area contributed by atoms with Gasteiger partial charge in [0.15, 0.2) is 11.6 Å². The highest BCUT2D eigenvalue weighted by Crippen LogP contribution is 2.32. The van der Waals surface area contributed by atoms with Crippen molar-refractivity contribution in [1.29, 1.82) is 0 Å². The number of hydrogen-bond donors (Lipinski definition) is 2. The zero-order valence-electron chi connectivity index (χ0n) is 19.5. The van der Waals surface area contributed by atoms with Gasteiger partial charge >= 0.3 is 0 Å². The molecule has 0 bridgehead atoms. The van der Waals surface area contributed by atoms with E-state index in [0.717, 1.165) is 38.5 Å². The molecule has 0 radical (unpaired) electrons. The average Bonchev–Trinajstić information content (AvgIpc) is 2.82. The van der Waals surface area contributed by atoms with E-state index in [-0.39, 0.29) is 35.6 Å². The highest BCUT2D eigenvalue weighted by atomic mass is 16.5. The fourth-order valence-corrected chi connectivity index (χ4v) is 5.51. The molecule has 2 N–H and O–H groups in total. The van der Waals surface area contributed by atoms with Gasteiger partial charge in [-0.2, -0.15) is 0 Å². The summed E-state index contributed by atoms with van der Waals surface area (Å²) in [4.78, 5) is 25.1. The SMILES string of the molecule is COC1CC(C(=O)/C=C/C2CCC(/C=C/C(=O)C3CCC(O)C(OC)C3)CC2)CCC1O. The van der Waals surface area contributed by atoms with Crippen molar-refractivity contribution in [2.24, 2.45) is 23.7 Å². The first-order chi connectivity index (χ1) is 15.4. The third-order valence-corrected chi connectivity index (χ3v) is 7.81. The lowest BCUT2D eigenvalue weighted by molar-refractivity contribution is -0.124. The number of aliphatic hydroxyl groups is 2. The van der Waals surface area contributed by atoms with Crippen LogP contribution in [0, 0.1) is 23.7 Å². The van der Waals surface area contributed by atoms with Crippen LogP contribution in [0.2, 0.25) is 0 Å². The Morgan fingerprint density at radius 1 is 0.656 bits per heavy atom. The van der Waals surface area contributed by atoms with Crippen molar-refractivity contribution in [3.8, 4) is 0 Å². The number of ketones is 2. The van der Waals surface area contributed by atoms with Gasteiger partial charge in [0.05, 0.1) is 24.4 Å². The lowest BCUT2D eigenvalue weighted by Crippen LogP contribution is -2.37. The lowest BCUT2D eigenvalue weighted by atomic mass is 9.79. The Labute approximate surface area is 192 Å². The molecule has 180 valence electrons. The molecule has 0 heterocycles. The number of allylic oxidation sites excluding steroid dienone is 4. The largest absolute Gasteiger partial charge is 0.390 e. The Kier molecular flexibility index (Phi) is 9.65. The molecule has 32 heavy (non-hydrogen) atoms. The molecule has 0 aromatic rings. The number of methoxy groups -OCH3 is 2. The van der Waals surface area contributed by atoms with E-state index < -0.39 is 12.2 Å². The van der Waals surface area contributed by atoms with Crippen molar-refractivity contribution in [2.45, 2.75) is 88.6 Å². The fraction of sp³-hybridized carbons (Fsp3) is 0.769. The Morgan fingerprint density at radius 2 is 1.03 bits per heavy atom. The quantitative estimate of drug-likeness (QED) is 0.553. The van der Waals surface area contributed by atoms with Crippen LogP contribution in [-0.2, 0) is 19.1 Å². The molecular formula is C26H40O6. The Balaban J connectivity index is 1.40. The van der Waals surface area contributed by atoms with Gasteiger partial charge in [0.1, 0.15) is 0 Å². The lowest BCUT2D eigenvalue weighted by Gasteiger charge is -2.31. The summed E-state index contributed by atoms with van der Waals surface area (Å²) in [7, 11) is 3.18.